The fraction of sp³-hybridized carbons (Fsp3) is 0.294. The number of fused-ring (bicyclic) bond motifs is 1. The van der Waals surface area contributed by atoms with Crippen LogP contribution in [0.4, 0.5) is 22.0 Å². The van der Waals surface area contributed by atoms with Crippen LogP contribution in [0.15, 0.2) is 36.5 Å². The molecule has 22 heavy (non-hydrogen) atoms. The minimum Gasteiger partial charge on any atom is -0.356 e. The number of amides is 2. The number of nitrogens with one attached hydrogen (secondary N) is 1. The number of anilines is 3. The average molecular weight is 296 g/mol. The Kier molecular flexibility index (Phi) is 3.71. The van der Waals surface area contributed by atoms with Crippen molar-refractivity contribution in [3.05, 3.63) is 47.7 Å². The fourth-order valence-electron chi connectivity index (χ4n) is 2.82. The molecule has 1 N–H and O–H groups in total. The molecule has 0 atom stereocenters. The van der Waals surface area contributed by atoms with Crippen LogP contribution in [0.1, 0.15) is 11.1 Å². The van der Waals surface area contributed by atoms with Gasteiger partial charge in [-0.1, -0.05) is 6.07 Å². The molecule has 5 nitrogen and oxygen atoms in total. The largest absolute Gasteiger partial charge is 0.356 e. The van der Waals surface area contributed by atoms with Crippen molar-refractivity contribution in [1.29, 1.82) is 0 Å². The van der Waals surface area contributed by atoms with Gasteiger partial charge >= 0.3 is 6.03 Å². The molecule has 0 aliphatic carbocycles. The highest BCUT2D eigenvalue weighted by Crippen LogP contribution is 2.30. The minimum absolute atomic E-state index is 0.118. The van der Waals surface area contributed by atoms with Crippen LogP contribution in [0.3, 0.4) is 0 Å². The third-order valence-electron chi connectivity index (χ3n) is 3.80. The molecule has 3 rings (SSSR count). The van der Waals surface area contributed by atoms with E-state index < -0.39 is 0 Å². The van der Waals surface area contributed by atoms with E-state index in [0.29, 0.717) is 6.54 Å². The van der Waals surface area contributed by atoms with Crippen molar-refractivity contribution < 1.29 is 4.79 Å². The first-order valence-corrected chi connectivity index (χ1v) is 7.37. The predicted octanol–water partition coefficient (Wildman–Crippen LogP) is 3.19. The van der Waals surface area contributed by atoms with Crippen molar-refractivity contribution >= 4 is 23.2 Å². The molecule has 0 saturated heterocycles. The summed E-state index contributed by atoms with van der Waals surface area (Å²) in [6, 6.07) is 9.71. The summed E-state index contributed by atoms with van der Waals surface area (Å²) in [6.45, 7) is 5.46. The first-order valence-electron chi connectivity index (χ1n) is 7.37. The summed E-state index contributed by atoms with van der Waals surface area (Å²) >= 11 is 0. The molecule has 0 fully saturated rings. The predicted molar refractivity (Wildman–Crippen MR) is 89.8 cm³/mol. The fourth-order valence-corrected chi connectivity index (χ4v) is 2.82. The highest BCUT2D eigenvalue weighted by atomic mass is 16.2. The molecule has 1 aromatic carbocycles. The summed E-state index contributed by atoms with van der Waals surface area (Å²) in [4.78, 5) is 20.8. The van der Waals surface area contributed by atoms with Crippen LogP contribution in [0.25, 0.3) is 0 Å². The van der Waals surface area contributed by atoms with E-state index in [9.17, 15) is 4.79 Å². The number of rotatable bonds is 1. The number of carbonyl (C=O) groups excluding carboxylic acids is 1. The second-order valence-corrected chi connectivity index (χ2v) is 5.73. The van der Waals surface area contributed by atoms with Gasteiger partial charge in [-0.05, 0) is 49.2 Å². The Hall–Kier alpha value is -2.56. The zero-order valence-electron chi connectivity index (χ0n) is 13.1. The Balaban J connectivity index is 1.85. The van der Waals surface area contributed by atoms with Crippen molar-refractivity contribution in [1.82, 2.24) is 4.98 Å². The topological polar surface area (TPSA) is 48.5 Å². The first kappa shape index (κ1) is 14.4. The van der Waals surface area contributed by atoms with E-state index in [1.165, 1.54) is 0 Å². The van der Waals surface area contributed by atoms with Gasteiger partial charge in [-0.2, -0.15) is 0 Å². The molecule has 0 spiro atoms. The second kappa shape index (κ2) is 5.67. The highest BCUT2D eigenvalue weighted by Gasteiger charge is 2.25. The maximum Gasteiger partial charge on any atom is 0.326 e. The molecule has 5 heteroatoms. The van der Waals surface area contributed by atoms with Crippen LogP contribution in [0, 0.1) is 13.8 Å². The van der Waals surface area contributed by atoms with Gasteiger partial charge in [-0.15, -0.1) is 0 Å². The highest BCUT2D eigenvalue weighted by molar-refractivity contribution is 6.04. The summed E-state index contributed by atoms with van der Waals surface area (Å²) in [6.07, 6.45) is 1.75. The van der Waals surface area contributed by atoms with E-state index >= 15 is 0 Å². The Morgan fingerprint density at radius 2 is 1.91 bits per heavy atom. The normalized spacial score (nSPS) is 13.8. The van der Waals surface area contributed by atoms with Gasteiger partial charge in [0.1, 0.15) is 0 Å². The van der Waals surface area contributed by atoms with Crippen molar-refractivity contribution in [3.8, 4) is 0 Å². The number of pyridine rings is 1. The van der Waals surface area contributed by atoms with Gasteiger partial charge in [0.05, 0.1) is 5.69 Å². The number of likely N-dealkylation sites (N-methyl/N-ethyl adjacent to an activating group) is 1. The van der Waals surface area contributed by atoms with Crippen LogP contribution in [0.2, 0.25) is 0 Å². The lowest BCUT2D eigenvalue weighted by atomic mass is 10.1. The molecule has 1 aliphatic heterocycles. The number of hydrogen-bond acceptors (Lipinski definition) is 3. The maximum absolute atomic E-state index is 12.6. The van der Waals surface area contributed by atoms with Gasteiger partial charge in [0.25, 0.3) is 0 Å². The van der Waals surface area contributed by atoms with Gasteiger partial charge in [0.15, 0.2) is 5.82 Å². The number of carbonyl (C=O) groups is 1. The van der Waals surface area contributed by atoms with Crippen LogP contribution in [-0.2, 0) is 0 Å². The quantitative estimate of drug-likeness (QED) is 0.879. The van der Waals surface area contributed by atoms with Gasteiger partial charge in [0, 0.05) is 32.0 Å². The molecule has 0 radical (unpaired) electrons. The first-order chi connectivity index (χ1) is 10.5. The molecule has 1 aliphatic rings. The third kappa shape index (κ3) is 2.74. The molecule has 0 bridgehead atoms. The van der Waals surface area contributed by atoms with Crippen LogP contribution < -0.4 is 15.1 Å². The average Bonchev–Trinajstić information content (AvgIpc) is 2.46. The minimum atomic E-state index is -0.118. The zero-order chi connectivity index (χ0) is 15.7. The van der Waals surface area contributed by atoms with Crippen molar-refractivity contribution in [3.63, 3.8) is 0 Å². The van der Waals surface area contributed by atoms with Crippen LogP contribution >= 0.6 is 0 Å². The molecule has 2 aromatic rings. The van der Waals surface area contributed by atoms with E-state index in [-0.39, 0.29) is 6.03 Å². The van der Waals surface area contributed by atoms with Crippen molar-refractivity contribution in [2.75, 3.05) is 35.3 Å². The molecular weight excluding hydrogens is 276 g/mol. The summed E-state index contributed by atoms with van der Waals surface area (Å²) in [5.74, 6) is 0.837. The van der Waals surface area contributed by atoms with E-state index in [2.05, 4.69) is 21.3 Å². The lowest BCUT2D eigenvalue weighted by Gasteiger charge is -2.34. The molecule has 1 aromatic heterocycles. The number of aromatic nitrogens is 1. The van der Waals surface area contributed by atoms with Crippen LogP contribution in [-0.4, -0.2) is 31.2 Å². The lowest BCUT2D eigenvalue weighted by Crippen LogP contribution is -2.45. The monoisotopic (exact) mass is 296 g/mol. The summed E-state index contributed by atoms with van der Waals surface area (Å²) in [5, 5.41) is 2.99. The number of nitrogens with zero attached hydrogens (tertiary/aromatic N) is 3. The lowest BCUT2D eigenvalue weighted by molar-refractivity contribution is 0.257. The van der Waals surface area contributed by atoms with Gasteiger partial charge < -0.3 is 10.2 Å². The standard InChI is InChI=1S/C17H20N4O/c1-12-9-13(2)11-14(10-12)19-17(22)21-8-7-20(3)16-15(21)5-4-6-18-16/h4-6,9-11H,7-8H2,1-3H3,(H,19,22). The summed E-state index contributed by atoms with van der Waals surface area (Å²) in [5.41, 5.74) is 3.94. The third-order valence-corrected chi connectivity index (χ3v) is 3.80. The molecule has 0 unspecified atom stereocenters. The maximum atomic E-state index is 12.6. The van der Waals surface area contributed by atoms with Gasteiger partial charge in [-0.3, -0.25) is 4.90 Å². The number of aryl methyl sites for hydroxylation is 2. The summed E-state index contributed by atoms with van der Waals surface area (Å²) < 4.78 is 0. The van der Waals surface area contributed by atoms with E-state index in [0.717, 1.165) is 34.9 Å². The number of urea groups is 1. The Morgan fingerprint density at radius 1 is 1.18 bits per heavy atom. The van der Waals surface area contributed by atoms with E-state index in [1.54, 1.807) is 11.1 Å². The molecular formula is C17H20N4O. The number of hydrogen-bond donors (Lipinski definition) is 1. The summed E-state index contributed by atoms with van der Waals surface area (Å²) in [7, 11) is 1.99. The SMILES string of the molecule is Cc1cc(C)cc(NC(=O)N2CCN(C)c3ncccc32)c1. The smallest absolute Gasteiger partial charge is 0.326 e. The molecule has 2 heterocycles. The molecule has 2 amide bonds. The Morgan fingerprint density at radius 3 is 2.64 bits per heavy atom. The second-order valence-electron chi connectivity index (χ2n) is 5.73. The van der Waals surface area contributed by atoms with Gasteiger partial charge in [-0.25, -0.2) is 9.78 Å². The van der Waals surface area contributed by atoms with Crippen LogP contribution in [0.5, 0.6) is 0 Å². The van der Waals surface area contributed by atoms with Gasteiger partial charge in [0.2, 0.25) is 0 Å². The van der Waals surface area contributed by atoms with Crippen molar-refractivity contribution in [2.45, 2.75) is 13.8 Å². The van der Waals surface area contributed by atoms with E-state index in [1.807, 2.05) is 45.2 Å². The number of benzene rings is 1. The molecule has 0 saturated carbocycles. The van der Waals surface area contributed by atoms with E-state index in [4.69, 9.17) is 0 Å². The Bertz CT molecular complexity index is 693. The van der Waals surface area contributed by atoms with Crippen molar-refractivity contribution in [2.24, 2.45) is 0 Å². The molecule has 114 valence electrons. The zero-order valence-corrected chi connectivity index (χ0v) is 13.1. The Labute approximate surface area is 130 Å².